The van der Waals surface area contributed by atoms with E-state index in [0.717, 1.165) is 36.0 Å². The van der Waals surface area contributed by atoms with Crippen molar-refractivity contribution in [3.8, 4) is 28.4 Å². The lowest BCUT2D eigenvalue weighted by atomic mass is 9.98. The van der Waals surface area contributed by atoms with Crippen LogP contribution in [0.25, 0.3) is 11.1 Å². The minimum Gasteiger partial charge on any atom is -0.493 e. The van der Waals surface area contributed by atoms with Crippen LogP contribution in [-0.2, 0) is 16.0 Å². The molecule has 0 radical (unpaired) electrons. The van der Waals surface area contributed by atoms with Crippen molar-refractivity contribution in [3.05, 3.63) is 66.3 Å². The molecule has 0 spiro atoms. The average Bonchev–Trinajstić information content (AvgIpc) is 2.92. The number of ether oxygens (including phenoxy) is 3. The molecule has 1 aliphatic heterocycles. The van der Waals surface area contributed by atoms with E-state index >= 15 is 0 Å². The van der Waals surface area contributed by atoms with E-state index in [4.69, 9.17) is 14.2 Å². The molecule has 1 heterocycles. The zero-order chi connectivity index (χ0) is 26.8. The van der Waals surface area contributed by atoms with Gasteiger partial charge in [0, 0.05) is 20.0 Å². The third-order valence-electron chi connectivity index (χ3n) is 6.56. The van der Waals surface area contributed by atoms with Crippen molar-refractivity contribution in [1.29, 1.82) is 0 Å². The Labute approximate surface area is 220 Å². The standard InChI is InChI=1S/C30H38N2O5/c1-6-7-8-9-10-11-12-17-32-21-28(33)31(2)25(30(32)34)18-22-13-15-23(16-14-22)24-19-26(35-3)29(37-5)27(20-24)36-4/h7-8,11-16,19-20,25H,6,9-10,17-18,21H2,1-5H3/b8-7-,12-11+/t25-/m0/s1. The lowest BCUT2D eigenvalue weighted by Crippen LogP contribution is -2.59. The van der Waals surface area contributed by atoms with E-state index in [1.54, 1.807) is 38.2 Å². The van der Waals surface area contributed by atoms with Crippen molar-refractivity contribution in [2.45, 2.75) is 38.6 Å². The highest BCUT2D eigenvalue weighted by Gasteiger charge is 2.36. The fourth-order valence-corrected chi connectivity index (χ4v) is 4.38. The van der Waals surface area contributed by atoms with E-state index < -0.39 is 6.04 Å². The van der Waals surface area contributed by atoms with Crippen molar-refractivity contribution in [1.82, 2.24) is 9.80 Å². The first kappa shape index (κ1) is 27.8. The molecule has 7 nitrogen and oxygen atoms in total. The number of rotatable bonds is 12. The van der Waals surface area contributed by atoms with Crippen LogP contribution in [0.3, 0.4) is 0 Å². The number of unbranched alkanes of at least 4 members (excludes halogenated alkanes) is 1. The Kier molecular flexibility index (Phi) is 10.2. The van der Waals surface area contributed by atoms with Gasteiger partial charge in [-0.25, -0.2) is 0 Å². The first-order valence-electron chi connectivity index (χ1n) is 12.7. The SMILES string of the molecule is CC/C=C\CC/C=C/CN1CC(=O)N(C)[C@@H](Cc2ccc(-c3cc(OC)c(OC)c(OC)c3)cc2)C1=O. The minimum absolute atomic E-state index is 0.0219. The van der Waals surface area contributed by atoms with Gasteiger partial charge in [-0.05, 0) is 48.1 Å². The summed E-state index contributed by atoms with van der Waals surface area (Å²) in [6.07, 6.45) is 11.8. The van der Waals surface area contributed by atoms with Crippen LogP contribution in [0.15, 0.2) is 60.7 Å². The number of hydrogen-bond donors (Lipinski definition) is 0. The summed E-state index contributed by atoms with van der Waals surface area (Å²) in [5.74, 6) is 1.65. The van der Waals surface area contributed by atoms with E-state index in [9.17, 15) is 9.59 Å². The summed E-state index contributed by atoms with van der Waals surface area (Å²) < 4.78 is 16.4. The van der Waals surface area contributed by atoms with Gasteiger partial charge in [-0.3, -0.25) is 9.59 Å². The van der Waals surface area contributed by atoms with Gasteiger partial charge >= 0.3 is 0 Å². The first-order chi connectivity index (χ1) is 17.9. The van der Waals surface area contributed by atoms with Gasteiger partial charge in [0.25, 0.3) is 0 Å². The Balaban J connectivity index is 1.70. The molecule has 1 fully saturated rings. The molecule has 0 unspecified atom stereocenters. The van der Waals surface area contributed by atoms with Crippen LogP contribution < -0.4 is 14.2 Å². The predicted octanol–water partition coefficient (Wildman–Crippen LogP) is 4.89. The summed E-state index contributed by atoms with van der Waals surface area (Å²) in [7, 11) is 6.47. The highest BCUT2D eigenvalue weighted by molar-refractivity contribution is 5.95. The zero-order valence-corrected chi connectivity index (χ0v) is 22.5. The molecule has 1 saturated heterocycles. The number of allylic oxidation sites excluding steroid dienone is 3. The zero-order valence-electron chi connectivity index (χ0n) is 22.5. The van der Waals surface area contributed by atoms with E-state index in [0.29, 0.717) is 30.2 Å². The van der Waals surface area contributed by atoms with Crippen molar-refractivity contribution < 1.29 is 23.8 Å². The molecule has 2 amide bonds. The molecule has 0 aliphatic carbocycles. The molecule has 7 heteroatoms. The van der Waals surface area contributed by atoms with Crippen molar-refractivity contribution in [3.63, 3.8) is 0 Å². The van der Waals surface area contributed by atoms with E-state index in [1.165, 1.54) is 0 Å². The van der Waals surface area contributed by atoms with Crippen LogP contribution in [0.5, 0.6) is 17.2 Å². The topological polar surface area (TPSA) is 68.3 Å². The molecule has 198 valence electrons. The van der Waals surface area contributed by atoms with Gasteiger partial charge in [0.15, 0.2) is 11.5 Å². The van der Waals surface area contributed by atoms with Crippen LogP contribution in [0.1, 0.15) is 31.7 Å². The number of piperazine rings is 1. The fourth-order valence-electron chi connectivity index (χ4n) is 4.38. The van der Waals surface area contributed by atoms with Crippen LogP contribution in [0.2, 0.25) is 0 Å². The third-order valence-corrected chi connectivity index (χ3v) is 6.56. The number of likely N-dealkylation sites (N-methyl/N-ethyl adjacent to an activating group) is 1. The maximum atomic E-state index is 13.2. The normalized spacial score (nSPS) is 16.2. The van der Waals surface area contributed by atoms with E-state index in [1.807, 2.05) is 42.5 Å². The van der Waals surface area contributed by atoms with Gasteiger partial charge in [0.1, 0.15) is 12.6 Å². The van der Waals surface area contributed by atoms with Gasteiger partial charge in [-0.15, -0.1) is 0 Å². The summed E-state index contributed by atoms with van der Waals surface area (Å²) in [5, 5.41) is 0. The first-order valence-corrected chi connectivity index (χ1v) is 12.7. The van der Waals surface area contributed by atoms with E-state index in [-0.39, 0.29) is 18.4 Å². The highest BCUT2D eigenvalue weighted by Crippen LogP contribution is 2.41. The van der Waals surface area contributed by atoms with Gasteiger partial charge in [-0.2, -0.15) is 0 Å². The van der Waals surface area contributed by atoms with Crippen LogP contribution in [0.4, 0.5) is 0 Å². The molecule has 0 N–H and O–H groups in total. The highest BCUT2D eigenvalue weighted by atomic mass is 16.5. The second-order valence-corrected chi connectivity index (χ2v) is 8.98. The van der Waals surface area contributed by atoms with Crippen molar-refractivity contribution >= 4 is 11.8 Å². The number of carbonyl (C=O) groups is 2. The van der Waals surface area contributed by atoms with Crippen LogP contribution >= 0.6 is 0 Å². The number of nitrogens with zero attached hydrogens (tertiary/aromatic N) is 2. The molecular weight excluding hydrogens is 468 g/mol. The Morgan fingerprint density at radius 1 is 0.865 bits per heavy atom. The predicted molar refractivity (Wildman–Crippen MR) is 146 cm³/mol. The summed E-state index contributed by atoms with van der Waals surface area (Å²) in [6, 6.07) is 11.3. The summed E-state index contributed by atoms with van der Waals surface area (Å²) in [6.45, 7) is 2.68. The Hall–Kier alpha value is -3.74. The molecule has 3 rings (SSSR count). The summed E-state index contributed by atoms with van der Waals surface area (Å²) in [5.41, 5.74) is 2.88. The molecule has 37 heavy (non-hydrogen) atoms. The lowest BCUT2D eigenvalue weighted by molar-refractivity contribution is -0.153. The summed E-state index contributed by atoms with van der Waals surface area (Å²) in [4.78, 5) is 29.1. The van der Waals surface area contributed by atoms with Gasteiger partial charge in [-0.1, -0.05) is 55.5 Å². The molecule has 1 atom stereocenters. The summed E-state index contributed by atoms with van der Waals surface area (Å²) >= 11 is 0. The minimum atomic E-state index is -0.519. The molecule has 1 aliphatic rings. The van der Waals surface area contributed by atoms with Crippen LogP contribution in [0, 0.1) is 0 Å². The molecule has 0 bridgehead atoms. The largest absolute Gasteiger partial charge is 0.493 e. The quantitative estimate of drug-likeness (QED) is 0.303. The number of methoxy groups -OCH3 is 3. The second kappa shape index (κ2) is 13.5. The van der Waals surface area contributed by atoms with Gasteiger partial charge < -0.3 is 24.0 Å². The molecule has 0 saturated carbocycles. The number of benzene rings is 2. The Morgan fingerprint density at radius 2 is 1.49 bits per heavy atom. The van der Waals surface area contributed by atoms with Gasteiger partial charge in [0.2, 0.25) is 17.6 Å². The van der Waals surface area contributed by atoms with Crippen molar-refractivity contribution in [2.24, 2.45) is 0 Å². The Morgan fingerprint density at radius 3 is 2.05 bits per heavy atom. The molecule has 2 aromatic rings. The van der Waals surface area contributed by atoms with Crippen LogP contribution in [-0.4, -0.2) is 69.1 Å². The number of amides is 2. The fraction of sp³-hybridized carbons (Fsp3) is 0.400. The monoisotopic (exact) mass is 506 g/mol. The smallest absolute Gasteiger partial charge is 0.246 e. The van der Waals surface area contributed by atoms with Gasteiger partial charge in [0.05, 0.1) is 21.3 Å². The molecule has 0 aromatic heterocycles. The third kappa shape index (κ3) is 6.94. The maximum absolute atomic E-state index is 13.2. The van der Waals surface area contributed by atoms with E-state index in [2.05, 4.69) is 25.2 Å². The average molecular weight is 507 g/mol. The number of hydrogen-bond acceptors (Lipinski definition) is 5. The molecule has 2 aromatic carbocycles. The molecular formula is C30H38N2O5. The Bertz CT molecular complexity index is 1100. The second-order valence-electron chi connectivity index (χ2n) is 8.98. The maximum Gasteiger partial charge on any atom is 0.246 e. The van der Waals surface area contributed by atoms with Crippen molar-refractivity contribution in [2.75, 3.05) is 41.5 Å². The number of carbonyl (C=O) groups excluding carboxylic acids is 2. The lowest BCUT2D eigenvalue weighted by Gasteiger charge is -2.38.